The van der Waals surface area contributed by atoms with Gasteiger partial charge in [-0.15, -0.1) is 0 Å². The molecule has 13 heavy (non-hydrogen) atoms. The molecule has 1 fully saturated rings. The highest BCUT2D eigenvalue weighted by atomic mass is 127. The minimum Gasteiger partial charge on any atom is -0.340 e. The third kappa shape index (κ3) is 3.81. The van der Waals surface area contributed by atoms with Gasteiger partial charge < -0.3 is 4.90 Å². The van der Waals surface area contributed by atoms with Crippen molar-refractivity contribution in [2.75, 3.05) is 32.7 Å². The number of hydrogen-bond acceptors (Lipinski definition) is 2. The monoisotopic (exact) mass is 296 g/mol. The lowest BCUT2D eigenvalue weighted by molar-refractivity contribution is -0.130. The fraction of sp³-hybridized carbons (Fsp3) is 0.889. The molecule has 1 unspecified atom stereocenters. The summed E-state index contributed by atoms with van der Waals surface area (Å²) < 4.78 is 0.696. The van der Waals surface area contributed by atoms with E-state index in [1.165, 1.54) is 0 Å². The molecule has 1 aliphatic heterocycles. The first-order valence-corrected chi connectivity index (χ1v) is 5.96. The van der Waals surface area contributed by atoms with Gasteiger partial charge in [-0.2, -0.15) is 0 Å². The van der Waals surface area contributed by atoms with Crippen molar-refractivity contribution in [1.29, 1.82) is 0 Å². The van der Waals surface area contributed by atoms with E-state index in [9.17, 15) is 4.79 Å². The largest absolute Gasteiger partial charge is 0.340 e. The Bertz CT molecular complexity index is 176. The van der Waals surface area contributed by atoms with Crippen molar-refractivity contribution in [3.8, 4) is 0 Å². The van der Waals surface area contributed by atoms with Crippen LogP contribution in [0, 0.1) is 0 Å². The molecule has 0 aromatic carbocycles. The number of hydrogen-bond donors (Lipinski definition) is 0. The second kappa shape index (κ2) is 5.14. The molecule has 1 saturated heterocycles. The summed E-state index contributed by atoms with van der Waals surface area (Å²) >= 11 is 2.44. The number of carbonyl (C=O) groups is 1. The van der Waals surface area contributed by atoms with Gasteiger partial charge in [0.05, 0.1) is 0 Å². The summed E-state index contributed by atoms with van der Waals surface area (Å²) in [6.07, 6.45) is 0. The Labute approximate surface area is 93.6 Å². The number of halogens is 1. The zero-order chi connectivity index (χ0) is 9.84. The molecule has 0 N–H and O–H groups in total. The SMILES string of the molecule is CC(=O)N1CCN(CC(C)I)CC1. The third-order valence-corrected chi connectivity index (χ3v) is 2.72. The third-order valence-electron chi connectivity index (χ3n) is 2.33. The smallest absolute Gasteiger partial charge is 0.219 e. The second-order valence-electron chi connectivity index (χ2n) is 3.59. The highest BCUT2D eigenvalue weighted by molar-refractivity contribution is 14.1. The maximum Gasteiger partial charge on any atom is 0.219 e. The highest BCUT2D eigenvalue weighted by Crippen LogP contribution is 2.06. The van der Waals surface area contributed by atoms with Crippen LogP contribution >= 0.6 is 22.6 Å². The molecule has 76 valence electrons. The van der Waals surface area contributed by atoms with E-state index in [1.807, 2.05) is 4.90 Å². The molecule has 0 aliphatic carbocycles. The van der Waals surface area contributed by atoms with E-state index in [-0.39, 0.29) is 5.91 Å². The number of amides is 1. The maximum atomic E-state index is 11.0. The summed E-state index contributed by atoms with van der Waals surface area (Å²) in [6.45, 7) is 8.89. The van der Waals surface area contributed by atoms with Crippen LogP contribution in [0.2, 0.25) is 0 Å². The maximum absolute atomic E-state index is 11.0. The van der Waals surface area contributed by atoms with Gasteiger partial charge in [0.15, 0.2) is 0 Å². The first-order chi connectivity index (χ1) is 6.09. The van der Waals surface area contributed by atoms with Crippen molar-refractivity contribution in [2.24, 2.45) is 0 Å². The van der Waals surface area contributed by atoms with Gasteiger partial charge in [-0.25, -0.2) is 0 Å². The van der Waals surface area contributed by atoms with Crippen LogP contribution in [0.4, 0.5) is 0 Å². The van der Waals surface area contributed by atoms with Crippen LogP contribution in [-0.4, -0.2) is 52.4 Å². The van der Waals surface area contributed by atoms with Gasteiger partial charge >= 0.3 is 0 Å². The average Bonchev–Trinajstić information content (AvgIpc) is 2.04. The van der Waals surface area contributed by atoms with E-state index in [1.54, 1.807) is 6.92 Å². The van der Waals surface area contributed by atoms with Gasteiger partial charge in [-0.05, 0) is 0 Å². The van der Waals surface area contributed by atoms with E-state index in [0.717, 1.165) is 32.7 Å². The van der Waals surface area contributed by atoms with E-state index < -0.39 is 0 Å². The van der Waals surface area contributed by atoms with Gasteiger partial charge in [-0.3, -0.25) is 9.69 Å². The lowest BCUT2D eigenvalue weighted by Crippen LogP contribution is -2.49. The number of piperazine rings is 1. The Balaban J connectivity index is 2.26. The van der Waals surface area contributed by atoms with E-state index in [0.29, 0.717) is 3.92 Å². The Kier molecular flexibility index (Phi) is 4.45. The van der Waals surface area contributed by atoms with Crippen LogP contribution in [0.15, 0.2) is 0 Å². The molecule has 4 heteroatoms. The van der Waals surface area contributed by atoms with Crippen LogP contribution in [-0.2, 0) is 4.79 Å². The summed E-state index contributed by atoms with van der Waals surface area (Å²) in [5, 5.41) is 0. The number of carbonyl (C=O) groups excluding carboxylic acids is 1. The minimum atomic E-state index is 0.210. The van der Waals surface area contributed by atoms with Crippen molar-refractivity contribution < 1.29 is 4.79 Å². The molecule has 0 spiro atoms. The molecular weight excluding hydrogens is 279 g/mol. The first kappa shape index (κ1) is 11.2. The van der Waals surface area contributed by atoms with Crippen LogP contribution in [0.3, 0.4) is 0 Å². The van der Waals surface area contributed by atoms with Crippen molar-refractivity contribution in [3.63, 3.8) is 0 Å². The molecule has 0 radical (unpaired) electrons. The fourth-order valence-corrected chi connectivity index (χ4v) is 2.16. The quantitative estimate of drug-likeness (QED) is 0.560. The van der Waals surface area contributed by atoms with Crippen LogP contribution < -0.4 is 0 Å². The Morgan fingerprint density at radius 3 is 2.31 bits per heavy atom. The fourth-order valence-electron chi connectivity index (χ4n) is 1.60. The summed E-state index contributed by atoms with van der Waals surface area (Å²) in [4.78, 5) is 15.4. The molecule has 0 aromatic heterocycles. The average molecular weight is 296 g/mol. The Hall–Kier alpha value is 0.160. The summed E-state index contributed by atoms with van der Waals surface area (Å²) in [5.74, 6) is 0.210. The molecule has 3 nitrogen and oxygen atoms in total. The standard InChI is InChI=1S/C9H17IN2O/c1-8(10)7-11-3-5-12(6-4-11)9(2)13/h8H,3-7H2,1-2H3. The molecule has 1 amide bonds. The molecule has 1 rings (SSSR count). The van der Waals surface area contributed by atoms with Gasteiger partial charge in [0.2, 0.25) is 5.91 Å². The van der Waals surface area contributed by atoms with Crippen LogP contribution in [0.5, 0.6) is 0 Å². The lowest BCUT2D eigenvalue weighted by Gasteiger charge is -2.34. The normalized spacial score (nSPS) is 21.6. The van der Waals surface area contributed by atoms with Crippen molar-refractivity contribution >= 4 is 28.5 Å². The molecule has 1 atom stereocenters. The minimum absolute atomic E-state index is 0.210. The van der Waals surface area contributed by atoms with Crippen molar-refractivity contribution in [2.45, 2.75) is 17.8 Å². The van der Waals surface area contributed by atoms with Gasteiger partial charge in [0.25, 0.3) is 0 Å². The summed E-state index contributed by atoms with van der Waals surface area (Å²) in [5.41, 5.74) is 0. The predicted octanol–water partition coefficient (Wildman–Crippen LogP) is 0.974. The molecule has 0 bridgehead atoms. The first-order valence-electron chi connectivity index (χ1n) is 4.71. The number of rotatable bonds is 2. The van der Waals surface area contributed by atoms with Crippen molar-refractivity contribution in [1.82, 2.24) is 9.80 Å². The highest BCUT2D eigenvalue weighted by Gasteiger charge is 2.18. The lowest BCUT2D eigenvalue weighted by atomic mass is 10.3. The summed E-state index contributed by atoms with van der Waals surface area (Å²) in [6, 6.07) is 0. The second-order valence-corrected chi connectivity index (χ2v) is 5.71. The zero-order valence-corrected chi connectivity index (χ0v) is 10.5. The molecule has 1 aliphatic rings. The van der Waals surface area contributed by atoms with Crippen LogP contribution in [0.1, 0.15) is 13.8 Å². The number of alkyl halides is 1. The Morgan fingerprint density at radius 1 is 1.38 bits per heavy atom. The van der Waals surface area contributed by atoms with Gasteiger partial charge in [0, 0.05) is 43.6 Å². The van der Waals surface area contributed by atoms with E-state index in [4.69, 9.17) is 0 Å². The molecule has 0 saturated carbocycles. The summed E-state index contributed by atoms with van der Waals surface area (Å²) in [7, 11) is 0. The van der Waals surface area contributed by atoms with Crippen LogP contribution in [0.25, 0.3) is 0 Å². The molecule has 0 aromatic rings. The topological polar surface area (TPSA) is 23.6 Å². The van der Waals surface area contributed by atoms with Gasteiger partial charge in [0.1, 0.15) is 0 Å². The molecule has 1 heterocycles. The molecular formula is C9H17IN2O. The predicted molar refractivity (Wildman–Crippen MR) is 62.2 cm³/mol. The van der Waals surface area contributed by atoms with E-state index >= 15 is 0 Å². The van der Waals surface area contributed by atoms with Gasteiger partial charge in [-0.1, -0.05) is 29.5 Å². The number of nitrogens with zero attached hydrogens (tertiary/aromatic N) is 2. The van der Waals surface area contributed by atoms with Crippen molar-refractivity contribution in [3.05, 3.63) is 0 Å². The zero-order valence-electron chi connectivity index (χ0n) is 8.29. The van der Waals surface area contributed by atoms with E-state index in [2.05, 4.69) is 34.4 Å². The Morgan fingerprint density at radius 2 is 1.92 bits per heavy atom.